The van der Waals surface area contributed by atoms with E-state index in [2.05, 4.69) is 50.0 Å². The van der Waals surface area contributed by atoms with Crippen molar-refractivity contribution in [2.24, 2.45) is 5.41 Å². The van der Waals surface area contributed by atoms with Crippen LogP contribution >= 0.6 is 0 Å². The molecule has 1 fully saturated rings. The monoisotopic (exact) mass is 241 g/mol. The second kappa shape index (κ2) is 6.72. The third-order valence-corrected chi connectivity index (χ3v) is 4.39. The standard InChI is InChI=1S/C14H31N3/c1-6-13-10-17(9-8-16(13)5)12-14(3,7-2)11-15-4/h13,15H,6-12H2,1-5H3. The lowest BCUT2D eigenvalue weighted by atomic mass is 9.86. The predicted molar refractivity (Wildman–Crippen MR) is 75.5 cm³/mol. The average molecular weight is 241 g/mol. The minimum absolute atomic E-state index is 0.420. The molecule has 0 aliphatic carbocycles. The van der Waals surface area contributed by atoms with Gasteiger partial charge in [-0.05, 0) is 32.4 Å². The highest BCUT2D eigenvalue weighted by atomic mass is 15.3. The lowest BCUT2D eigenvalue weighted by molar-refractivity contribution is 0.0602. The molecule has 0 amide bonds. The molecule has 1 saturated heterocycles. The molecule has 0 aromatic rings. The van der Waals surface area contributed by atoms with Gasteiger partial charge in [-0.25, -0.2) is 0 Å². The summed E-state index contributed by atoms with van der Waals surface area (Å²) in [4.78, 5) is 5.17. The summed E-state index contributed by atoms with van der Waals surface area (Å²) in [5.41, 5.74) is 0.420. The fourth-order valence-corrected chi connectivity index (χ4v) is 2.85. The van der Waals surface area contributed by atoms with Crippen molar-refractivity contribution in [2.75, 3.05) is 46.8 Å². The smallest absolute Gasteiger partial charge is 0.0218 e. The van der Waals surface area contributed by atoms with Gasteiger partial charge in [0.05, 0.1) is 0 Å². The number of piperazine rings is 1. The predicted octanol–water partition coefficient (Wildman–Crippen LogP) is 1.65. The highest BCUT2D eigenvalue weighted by Gasteiger charge is 2.29. The molecule has 0 saturated carbocycles. The second-order valence-electron chi connectivity index (χ2n) is 5.97. The Morgan fingerprint density at radius 2 is 2.00 bits per heavy atom. The largest absolute Gasteiger partial charge is 0.319 e. The molecule has 0 spiro atoms. The Bertz CT molecular complexity index is 220. The first-order chi connectivity index (χ1) is 8.04. The molecule has 0 aromatic carbocycles. The van der Waals surface area contributed by atoms with Crippen molar-refractivity contribution in [3.8, 4) is 0 Å². The molecule has 2 unspecified atom stereocenters. The Labute approximate surface area is 108 Å². The number of hydrogen-bond acceptors (Lipinski definition) is 3. The van der Waals surface area contributed by atoms with Gasteiger partial charge < -0.3 is 10.2 Å². The number of hydrogen-bond donors (Lipinski definition) is 1. The van der Waals surface area contributed by atoms with Gasteiger partial charge in [-0.1, -0.05) is 20.8 Å². The van der Waals surface area contributed by atoms with E-state index in [4.69, 9.17) is 0 Å². The summed E-state index contributed by atoms with van der Waals surface area (Å²) >= 11 is 0. The number of nitrogens with one attached hydrogen (secondary N) is 1. The Morgan fingerprint density at radius 3 is 2.53 bits per heavy atom. The van der Waals surface area contributed by atoms with Gasteiger partial charge in [0.1, 0.15) is 0 Å². The van der Waals surface area contributed by atoms with Crippen LogP contribution < -0.4 is 5.32 Å². The fraction of sp³-hybridized carbons (Fsp3) is 1.00. The molecule has 3 heteroatoms. The van der Waals surface area contributed by atoms with Crippen molar-refractivity contribution >= 4 is 0 Å². The minimum atomic E-state index is 0.420. The van der Waals surface area contributed by atoms with Crippen LogP contribution in [0.25, 0.3) is 0 Å². The van der Waals surface area contributed by atoms with Crippen LogP contribution in [0.5, 0.6) is 0 Å². The molecule has 1 rings (SSSR count). The topological polar surface area (TPSA) is 18.5 Å². The Hall–Kier alpha value is -0.120. The third-order valence-electron chi connectivity index (χ3n) is 4.39. The van der Waals surface area contributed by atoms with E-state index in [0.29, 0.717) is 5.41 Å². The summed E-state index contributed by atoms with van der Waals surface area (Å²) in [5.74, 6) is 0. The average Bonchev–Trinajstić information content (AvgIpc) is 2.32. The van der Waals surface area contributed by atoms with Crippen LogP contribution in [0.1, 0.15) is 33.6 Å². The summed E-state index contributed by atoms with van der Waals surface area (Å²) in [6.45, 7) is 13.1. The van der Waals surface area contributed by atoms with E-state index in [-0.39, 0.29) is 0 Å². The first-order valence-corrected chi connectivity index (χ1v) is 7.12. The molecule has 1 aliphatic rings. The van der Waals surface area contributed by atoms with Crippen molar-refractivity contribution in [3.05, 3.63) is 0 Å². The Balaban J connectivity index is 2.50. The van der Waals surface area contributed by atoms with E-state index in [1.165, 1.54) is 39.0 Å². The molecule has 1 heterocycles. The SMILES string of the molecule is CCC1CN(CC(C)(CC)CNC)CCN1C. The molecule has 0 aromatic heterocycles. The van der Waals surface area contributed by atoms with Crippen molar-refractivity contribution in [3.63, 3.8) is 0 Å². The highest BCUT2D eigenvalue weighted by Crippen LogP contribution is 2.23. The second-order valence-corrected chi connectivity index (χ2v) is 5.97. The maximum Gasteiger partial charge on any atom is 0.0218 e. The van der Waals surface area contributed by atoms with Crippen LogP contribution in [0.4, 0.5) is 0 Å². The minimum Gasteiger partial charge on any atom is -0.319 e. The van der Waals surface area contributed by atoms with Gasteiger partial charge in [-0.2, -0.15) is 0 Å². The molecular weight excluding hydrogens is 210 g/mol. The zero-order valence-corrected chi connectivity index (χ0v) is 12.4. The number of likely N-dealkylation sites (N-methyl/N-ethyl adjacent to an activating group) is 1. The molecule has 102 valence electrons. The molecule has 3 nitrogen and oxygen atoms in total. The number of nitrogens with zero attached hydrogens (tertiary/aromatic N) is 2. The summed E-state index contributed by atoms with van der Waals surface area (Å²) < 4.78 is 0. The first kappa shape index (κ1) is 14.9. The van der Waals surface area contributed by atoms with Crippen LogP contribution in [0, 0.1) is 5.41 Å². The van der Waals surface area contributed by atoms with E-state index >= 15 is 0 Å². The van der Waals surface area contributed by atoms with Crippen LogP contribution in [0.3, 0.4) is 0 Å². The van der Waals surface area contributed by atoms with Crippen LogP contribution in [0.15, 0.2) is 0 Å². The van der Waals surface area contributed by atoms with Crippen LogP contribution in [-0.2, 0) is 0 Å². The summed E-state index contributed by atoms with van der Waals surface area (Å²) in [6, 6.07) is 0.749. The van der Waals surface area contributed by atoms with Gasteiger partial charge in [0.2, 0.25) is 0 Å². The number of rotatable bonds is 6. The molecule has 1 aliphatic heterocycles. The van der Waals surface area contributed by atoms with Gasteiger partial charge in [-0.15, -0.1) is 0 Å². The van der Waals surface area contributed by atoms with Gasteiger partial charge in [0, 0.05) is 38.8 Å². The van der Waals surface area contributed by atoms with Gasteiger partial charge in [-0.3, -0.25) is 4.90 Å². The van der Waals surface area contributed by atoms with E-state index < -0.39 is 0 Å². The normalized spacial score (nSPS) is 27.0. The Morgan fingerprint density at radius 1 is 1.29 bits per heavy atom. The fourth-order valence-electron chi connectivity index (χ4n) is 2.85. The maximum absolute atomic E-state index is 3.35. The quantitative estimate of drug-likeness (QED) is 0.763. The molecule has 0 bridgehead atoms. The van der Waals surface area contributed by atoms with Gasteiger partial charge in [0.15, 0.2) is 0 Å². The third kappa shape index (κ3) is 4.23. The van der Waals surface area contributed by atoms with Crippen LogP contribution in [-0.4, -0.2) is 62.7 Å². The van der Waals surface area contributed by atoms with E-state index in [0.717, 1.165) is 12.6 Å². The lowest BCUT2D eigenvalue weighted by Gasteiger charge is -2.43. The van der Waals surface area contributed by atoms with Crippen molar-refractivity contribution in [1.82, 2.24) is 15.1 Å². The molecule has 2 atom stereocenters. The maximum atomic E-state index is 3.35. The van der Waals surface area contributed by atoms with Gasteiger partial charge in [0.25, 0.3) is 0 Å². The summed E-state index contributed by atoms with van der Waals surface area (Å²) in [5, 5.41) is 3.35. The molecule has 0 radical (unpaired) electrons. The molecule has 1 N–H and O–H groups in total. The summed E-state index contributed by atoms with van der Waals surface area (Å²) in [6.07, 6.45) is 2.51. The van der Waals surface area contributed by atoms with Crippen molar-refractivity contribution in [2.45, 2.75) is 39.7 Å². The van der Waals surface area contributed by atoms with Crippen LogP contribution in [0.2, 0.25) is 0 Å². The molecule has 17 heavy (non-hydrogen) atoms. The van der Waals surface area contributed by atoms with E-state index in [1.807, 2.05) is 0 Å². The highest BCUT2D eigenvalue weighted by molar-refractivity contribution is 4.85. The van der Waals surface area contributed by atoms with Crippen molar-refractivity contribution in [1.29, 1.82) is 0 Å². The van der Waals surface area contributed by atoms with Gasteiger partial charge >= 0.3 is 0 Å². The zero-order chi connectivity index (χ0) is 12.9. The first-order valence-electron chi connectivity index (χ1n) is 7.12. The Kier molecular flexibility index (Phi) is 5.90. The van der Waals surface area contributed by atoms with E-state index in [1.54, 1.807) is 0 Å². The van der Waals surface area contributed by atoms with E-state index in [9.17, 15) is 0 Å². The summed E-state index contributed by atoms with van der Waals surface area (Å²) in [7, 11) is 4.32. The molecular formula is C14H31N3. The van der Waals surface area contributed by atoms with Crippen molar-refractivity contribution < 1.29 is 0 Å². The zero-order valence-electron chi connectivity index (χ0n) is 12.4. The lowest BCUT2D eigenvalue weighted by Crippen LogP contribution is -2.54.